The summed E-state index contributed by atoms with van der Waals surface area (Å²) >= 11 is 0. The number of nitrogens with zero attached hydrogens (tertiary/aromatic N) is 2. The molecule has 0 N–H and O–H groups in total. The quantitative estimate of drug-likeness (QED) is 0.733. The van der Waals surface area contributed by atoms with Crippen molar-refractivity contribution in [2.45, 2.75) is 57.5 Å². The van der Waals surface area contributed by atoms with Crippen LogP contribution in [-0.2, 0) is 17.8 Å². The summed E-state index contributed by atoms with van der Waals surface area (Å²) in [4.78, 5) is 17.2. The standard InChI is InChI=1S/C23H28N2O2/c1-16-14-20(16)22-9-8-19(27-22)15-24(18-6-7-18)12-11-23(26)25-13-10-17-4-2-3-5-21(17)25/h2-5,8-9,16,18,20H,6-7,10-15H2,1H3/t16-,20+/m1/s1. The van der Waals surface area contributed by atoms with Gasteiger partial charge in [0.15, 0.2) is 0 Å². The third-order valence-corrected chi connectivity index (χ3v) is 6.38. The maximum Gasteiger partial charge on any atom is 0.228 e. The van der Waals surface area contributed by atoms with Gasteiger partial charge in [-0.25, -0.2) is 0 Å². The molecule has 0 spiro atoms. The van der Waals surface area contributed by atoms with Gasteiger partial charge in [-0.2, -0.15) is 0 Å². The van der Waals surface area contributed by atoms with Gasteiger partial charge >= 0.3 is 0 Å². The van der Waals surface area contributed by atoms with Crippen LogP contribution in [-0.4, -0.2) is 29.9 Å². The average Bonchev–Trinajstić information content (AvgIpc) is 3.56. The van der Waals surface area contributed by atoms with E-state index in [0.29, 0.717) is 18.4 Å². The smallest absolute Gasteiger partial charge is 0.228 e. The van der Waals surface area contributed by atoms with Gasteiger partial charge in [0.05, 0.1) is 6.54 Å². The minimum atomic E-state index is 0.248. The highest BCUT2D eigenvalue weighted by Crippen LogP contribution is 2.47. The third kappa shape index (κ3) is 3.55. The highest BCUT2D eigenvalue weighted by Gasteiger charge is 2.37. The first-order chi connectivity index (χ1) is 13.2. The van der Waals surface area contributed by atoms with Crippen molar-refractivity contribution in [3.05, 3.63) is 53.5 Å². The Labute approximate surface area is 161 Å². The maximum atomic E-state index is 12.8. The van der Waals surface area contributed by atoms with Gasteiger partial charge in [-0.15, -0.1) is 0 Å². The first kappa shape index (κ1) is 17.1. The molecule has 27 heavy (non-hydrogen) atoms. The Morgan fingerprint density at radius 2 is 2.04 bits per heavy atom. The number of benzene rings is 1. The molecule has 1 aliphatic heterocycles. The number of fused-ring (bicyclic) bond motifs is 1. The fourth-order valence-corrected chi connectivity index (χ4v) is 4.40. The largest absolute Gasteiger partial charge is 0.464 e. The SMILES string of the molecule is C[C@@H]1C[C@@H]1c1ccc(CN(CCC(=O)N2CCc3ccccc32)C2CC2)o1. The predicted molar refractivity (Wildman–Crippen MR) is 106 cm³/mol. The van der Waals surface area contributed by atoms with E-state index < -0.39 is 0 Å². The van der Waals surface area contributed by atoms with Crippen LogP contribution in [0.2, 0.25) is 0 Å². The molecule has 142 valence electrons. The molecule has 3 aliphatic rings. The van der Waals surface area contributed by atoms with Crippen molar-refractivity contribution < 1.29 is 9.21 Å². The van der Waals surface area contributed by atoms with Crippen LogP contribution in [0, 0.1) is 5.92 Å². The zero-order valence-corrected chi connectivity index (χ0v) is 16.1. The lowest BCUT2D eigenvalue weighted by molar-refractivity contribution is -0.118. The molecule has 1 amide bonds. The molecule has 0 unspecified atom stereocenters. The molecule has 0 radical (unpaired) electrons. The Bertz CT molecular complexity index is 838. The van der Waals surface area contributed by atoms with Crippen LogP contribution >= 0.6 is 0 Å². The number of amides is 1. The molecule has 1 aromatic carbocycles. The number of anilines is 1. The Balaban J connectivity index is 1.20. The minimum Gasteiger partial charge on any atom is -0.464 e. The van der Waals surface area contributed by atoms with E-state index in [1.54, 1.807) is 0 Å². The number of hydrogen-bond donors (Lipinski definition) is 0. The number of carbonyl (C=O) groups excluding carboxylic acids is 1. The molecule has 2 heterocycles. The molecular formula is C23H28N2O2. The summed E-state index contributed by atoms with van der Waals surface area (Å²) in [6.07, 6.45) is 5.30. The minimum absolute atomic E-state index is 0.248. The van der Waals surface area contributed by atoms with E-state index in [9.17, 15) is 4.79 Å². The number of rotatable bonds is 7. The lowest BCUT2D eigenvalue weighted by Gasteiger charge is -2.23. The van der Waals surface area contributed by atoms with E-state index in [2.05, 4.69) is 42.2 Å². The second-order valence-corrected chi connectivity index (χ2v) is 8.50. The summed E-state index contributed by atoms with van der Waals surface area (Å²) in [7, 11) is 0. The Hall–Kier alpha value is -2.07. The molecule has 5 rings (SSSR count). The van der Waals surface area contributed by atoms with Gasteiger partial charge in [-0.05, 0) is 55.4 Å². The highest BCUT2D eigenvalue weighted by molar-refractivity contribution is 5.95. The monoisotopic (exact) mass is 364 g/mol. The average molecular weight is 364 g/mol. The van der Waals surface area contributed by atoms with Crippen LogP contribution < -0.4 is 4.90 Å². The molecule has 2 saturated carbocycles. The molecule has 4 heteroatoms. The Kier molecular flexibility index (Phi) is 4.31. The number of para-hydroxylation sites is 1. The number of carbonyl (C=O) groups is 1. The fourth-order valence-electron chi connectivity index (χ4n) is 4.40. The zero-order valence-electron chi connectivity index (χ0n) is 16.1. The van der Waals surface area contributed by atoms with Crippen molar-refractivity contribution in [1.82, 2.24) is 4.90 Å². The van der Waals surface area contributed by atoms with Crippen molar-refractivity contribution in [3.63, 3.8) is 0 Å². The van der Waals surface area contributed by atoms with Crippen molar-refractivity contribution >= 4 is 11.6 Å². The predicted octanol–water partition coefficient (Wildman–Crippen LogP) is 4.35. The Morgan fingerprint density at radius 3 is 2.81 bits per heavy atom. The van der Waals surface area contributed by atoms with Crippen LogP contribution in [0.5, 0.6) is 0 Å². The van der Waals surface area contributed by atoms with Crippen molar-refractivity contribution in [1.29, 1.82) is 0 Å². The van der Waals surface area contributed by atoms with Gasteiger partial charge in [0.25, 0.3) is 0 Å². The van der Waals surface area contributed by atoms with Crippen LogP contribution in [0.4, 0.5) is 5.69 Å². The van der Waals surface area contributed by atoms with Crippen molar-refractivity contribution in [2.75, 3.05) is 18.0 Å². The molecule has 1 aromatic heterocycles. The van der Waals surface area contributed by atoms with Gasteiger partial charge in [-0.1, -0.05) is 25.1 Å². The summed E-state index contributed by atoms with van der Waals surface area (Å²) in [5.41, 5.74) is 2.40. The number of furan rings is 1. The van der Waals surface area contributed by atoms with Gasteiger partial charge < -0.3 is 9.32 Å². The van der Waals surface area contributed by atoms with Crippen LogP contribution in [0.15, 0.2) is 40.8 Å². The molecule has 2 fully saturated rings. The van der Waals surface area contributed by atoms with E-state index in [1.165, 1.54) is 24.8 Å². The van der Waals surface area contributed by atoms with E-state index >= 15 is 0 Å². The highest BCUT2D eigenvalue weighted by atomic mass is 16.3. The van der Waals surface area contributed by atoms with Crippen molar-refractivity contribution in [2.24, 2.45) is 5.92 Å². The molecule has 2 atom stereocenters. The van der Waals surface area contributed by atoms with Gasteiger partial charge in [-0.3, -0.25) is 9.69 Å². The molecule has 4 nitrogen and oxygen atoms in total. The Morgan fingerprint density at radius 1 is 1.22 bits per heavy atom. The first-order valence-electron chi connectivity index (χ1n) is 10.4. The van der Waals surface area contributed by atoms with E-state index in [-0.39, 0.29) is 5.91 Å². The first-order valence-corrected chi connectivity index (χ1v) is 10.4. The summed E-state index contributed by atoms with van der Waals surface area (Å²) in [5, 5.41) is 0. The summed E-state index contributed by atoms with van der Waals surface area (Å²) in [6, 6.07) is 13.2. The second-order valence-electron chi connectivity index (χ2n) is 8.50. The van der Waals surface area contributed by atoms with E-state index in [4.69, 9.17) is 4.42 Å². The molecule has 2 aromatic rings. The summed E-state index contributed by atoms with van der Waals surface area (Å²) in [5.74, 6) is 3.85. The molecule has 2 aliphatic carbocycles. The lowest BCUT2D eigenvalue weighted by atomic mass is 10.2. The van der Waals surface area contributed by atoms with Crippen LogP contribution in [0.1, 0.15) is 55.6 Å². The van der Waals surface area contributed by atoms with Gasteiger partial charge in [0, 0.05) is 37.2 Å². The fraction of sp³-hybridized carbons (Fsp3) is 0.522. The lowest BCUT2D eigenvalue weighted by Crippen LogP contribution is -2.34. The van der Waals surface area contributed by atoms with E-state index in [0.717, 1.165) is 49.2 Å². The van der Waals surface area contributed by atoms with Crippen LogP contribution in [0.3, 0.4) is 0 Å². The third-order valence-electron chi connectivity index (χ3n) is 6.38. The molecule has 0 bridgehead atoms. The van der Waals surface area contributed by atoms with Crippen LogP contribution in [0.25, 0.3) is 0 Å². The topological polar surface area (TPSA) is 36.7 Å². The zero-order chi connectivity index (χ0) is 18.4. The van der Waals surface area contributed by atoms with Gasteiger partial charge in [0.2, 0.25) is 5.91 Å². The van der Waals surface area contributed by atoms with Gasteiger partial charge in [0.1, 0.15) is 11.5 Å². The van der Waals surface area contributed by atoms with Crippen molar-refractivity contribution in [3.8, 4) is 0 Å². The summed E-state index contributed by atoms with van der Waals surface area (Å²) < 4.78 is 6.10. The summed E-state index contributed by atoms with van der Waals surface area (Å²) in [6.45, 7) is 4.75. The normalized spacial score (nSPS) is 23.7. The molecule has 0 saturated heterocycles. The van der Waals surface area contributed by atoms with E-state index in [1.807, 2.05) is 11.0 Å². The number of hydrogen-bond acceptors (Lipinski definition) is 3. The maximum absolute atomic E-state index is 12.8. The second kappa shape index (κ2) is 6.83. The molecular weight excluding hydrogens is 336 g/mol.